The lowest BCUT2D eigenvalue weighted by Gasteiger charge is -2.02. The first-order valence-electron chi connectivity index (χ1n) is 4.18. The molecule has 1 aromatic carbocycles. The van der Waals surface area contributed by atoms with E-state index in [2.05, 4.69) is 0 Å². The van der Waals surface area contributed by atoms with Gasteiger partial charge < -0.3 is 10.2 Å². The number of aromatic carboxylic acids is 1. The van der Waals surface area contributed by atoms with Crippen LogP contribution >= 0.6 is 0 Å². The Morgan fingerprint density at radius 3 is 1.82 bits per heavy atom. The van der Waals surface area contributed by atoms with Gasteiger partial charge in [0.05, 0.1) is 22.0 Å². The lowest BCUT2D eigenvalue weighted by molar-refractivity contribution is -0.396. The summed E-state index contributed by atoms with van der Waals surface area (Å²) >= 11 is 0. The summed E-state index contributed by atoms with van der Waals surface area (Å²) in [6, 6.07) is 1.34. The van der Waals surface area contributed by atoms with Crippen molar-refractivity contribution in [1.29, 1.82) is 0 Å². The van der Waals surface area contributed by atoms with E-state index < -0.39 is 44.9 Å². The highest BCUT2D eigenvalue weighted by Crippen LogP contribution is 2.30. The molecular weight excluding hydrogens is 236 g/mol. The van der Waals surface area contributed by atoms with Gasteiger partial charge >= 0.3 is 5.97 Å². The third-order valence-corrected chi connectivity index (χ3v) is 2.00. The van der Waals surface area contributed by atoms with Crippen LogP contribution in [0.2, 0.25) is 0 Å². The molecule has 0 amide bonds. The summed E-state index contributed by atoms with van der Waals surface area (Å²) < 4.78 is 0. The number of rotatable bonds is 4. The number of hydrogen-bond donors (Lipinski definition) is 2. The summed E-state index contributed by atoms with van der Waals surface area (Å²) in [4.78, 5) is 29.9. The molecular formula is C8H6N2O7. The van der Waals surface area contributed by atoms with Gasteiger partial charge in [0.1, 0.15) is 5.56 Å². The van der Waals surface area contributed by atoms with Crippen LogP contribution in [0.1, 0.15) is 15.9 Å². The van der Waals surface area contributed by atoms with Gasteiger partial charge in [-0.1, -0.05) is 0 Å². The van der Waals surface area contributed by atoms with E-state index in [0.717, 1.165) is 0 Å². The quantitative estimate of drug-likeness (QED) is 0.583. The number of nitrogens with zero attached hydrogens (tertiary/aromatic N) is 2. The molecule has 0 saturated carbocycles. The minimum absolute atomic E-state index is 0.523. The number of carboxylic acid groups (broad SMARTS) is 1. The average molecular weight is 242 g/mol. The topological polar surface area (TPSA) is 144 Å². The minimum Gasteiger partial charge on any atom is -0.478 e. The molecule has 1 aromatic rings. The summed E-state index contributed by atoms with van der Waals surface area (Å²) in [6.45, 7) is -0.924. The van der Waals surface area contributed by atoms with Gasteiger partial charge in [0.25, 0.3) is 11.4 Å². The molecule has 0 spiro atoms. The van der Waals surface area contributed by atoms with E-state index in [-0.39, 0.29) is 0 Å². The standard InChI is InChI=1S/C8H6N2O7/c11-3-5-6(9(14)15)1-4(8(12)13)2-7(5)10(16)17/h1-2,11H,3H2,(H,12,13). The van der Waals surface area contributed by atoms with Gasteiger partial charge in [-0.15, -0.1) is 0 Å². The predicted octanol–water partition coefficient (Wildman–Crippen LogP) is 0.694. The summed E-state index contributed by atoms with van der Waals surface area (Å²) in [5, 5.41) is 38.7. The molecule has 9 heteroatoms. The first kappa shape index (κ1) is 12.5. The van der Waals surface area contributed by atoms with Gasteiger partial charge in [0, 0.05) is 12.1 Å². The Morgan fingerprint density at radius 1 is 1.18 bits per heavy atom. The van der Waals surface area contributed by atoms with Gasteiger partial charge in [-0.2, -0.15) is 0 Å². The van der Waals surface area contributed by atoms with Crippen molar-refractivity contribution in [3.05, 3.63) is 43.5 Å². The molecule has 0 bridgehead atoms. The van der Waals surface area contributed by atoms with E-state index in [1.807, 2.05) is 0 Å². The fraction of sp³-hybridized carbons (Fsp3) is 0.125. The van der Waals surface area contributed by atoms with E-state index in [1.165, 1.54) is 0 Å². The van der Waals surface area contributed by atoms with Gasteiger partial charge in [-0.3, -0.25) is 20.2 Å². The summed E-state index contributed by atoms with van der Waals surface area (Å²) in [5.41, 5.74) is -2.69. The van der Waals surface area contributed by atoms with Crippen molar-refractivity contribution >= 4 is 17.3 Å². The highest BCUT2D eigenvalue weighted by atomic mass is 16.6. The number of aliphatic hydroxyl groups is 1. The number of aliphatic hydroxyl groups excluding tert-OH is 1. The molecule has 0 unspecified atom stereocenters. The summed E-state index contributed by atoms with van der Waals surface area (Å²) in [7, 11) is 0. The number of nitro groups is 2. The van der Waals surface area contributed by atoms with Crippen LogP contribution in [0.5, 0.6) is 0 Å². The monoisotopic (exact) mass is 242 g/mol. The third-order valence-electron chi connectivity index (χ3n) is 2.00. The molecule has 0 aromatic heterocycles. The molecule has 0 atom stereocenters. The third kappa shape index (κ3) is 2.34. The molecule has 9 nitrogen and oxygen atoms in total. The van der Waals surface area contributed by atoms with Gasteiger partial charge in [-0.05, 0) is 0 Å². The van der Waals surface area contributed by atoms with Gasteiger partial charge in [0.2, 0.25) is 0 Å². The van der Waals surface area contributed by atoms with Gasteiger partial charge in [-0.25, -0.2) is 4.79 Å². The predicted molar refractivity (Wildman–Crippen MR) is 52.6 cm³/mol. The van der Waals surface area contributed by atoms with Crippen molar-refractivity contribution < 1.29 is 24.9 Å². The van der Waals surface area contributed by atoms with Crippen molar-refractivity contribution in [2.45, 2.75) is 6.61 Å². The van der Waals surface area contributed by atoms with Crippen LogP contribution in [0.15, 0.2) is 12.1 Å². The van der Waals surface area contributed by atoms with E-state index in [0.29, 0.717) is 12.1 Å². The second-order valence-electron chi connectivity index (χ2n) is 2.97. The zero-order valence-corrected chi connectivity index (χ0v) is 8.19. The van der Waals surface area contributed by atoms with Gasteiger partial charge in [0.15, 0.2) is 0 Å². The van der Waals surface area contributed by atoms with Crippen LogP contribution in [-0.2, 0) is 6.61 Å². The summed E-state index contributed by atoms with van der Waals surface area (Å²) in [5.74, 6) is -1.53. The number of benzene rings is 1. The fourth-order valence-electron chi connectivity index (χ4n) is 1.25. The molecule has 0 fully saturated rings. The maximum absolute atomic E-state index is 10.6. The number of hydrogen-bond acceptors (Lipinski definition) is 6. The zero-order valence-electron chi connectivity index (χ0n) is 8.19. The van der Waals surface area contributed by atoms with Crippen LogP contribution in [0, 0.1) is 20.2 Å². The lowest BCUT2D eigenvalue weighted by Crippen LogP contribution is -2.05. The molecule has 0 aliphatic heterocycles. The van der Waals surface area contributed by atoms with Crippen molar-refractivity contribution in [2.24, 2.45) is 0 Å². The molecule has 0 heterocycles. The van der Waals surface area contributed by atoms with E-state index in [9.17, 15) is 25.0 Å². The van der Waals surface area contributed by atoms with E-state index in [1.54, 1.807) is 0 Å². The Labute approximate surface area is 93.2 Å². The Bertz CT molecular complexity index is 476. The first-order valence-corrected chi connectivity index (χ1v) is 4.18. The maximum Gasteiger partial charge on any atom is 0.336 e. The second kappa shape index (κ2) is 4.53. The zero-order chi connectivity index (χ0) is 13.2. The lowest BCUT2D eigenvalue weighted by atomic mass is 10.1. The smallest absolute Gasteiger partial charge is 0.336 e. The molecule has 0 radical (unpaired) electrons. The molecule has 90 valence electrons. The van der Waals surface area contributed by atoms with Crippen molar-refractivity contribution in [3.63, 3.8) is 0 Å². The fourth-order valence-corrected chi connectivity index (χ4v) is 1.25. The summed E-state index contributed by atoms with van der Waals surface area (Å²) in [6.07, 6.45) is 0. The molecule has 1 rings (SSSR count). The molecule has 0 saturated heterocycles. The maximum atomic E-state index is 10.6. The molecule has 0 aliphatic carbocycles. The number of carbonyl (C=O) groups is 1. The molecule has 2 N–H and O–H groups in total. The van der Waals surface area contributed by atoms with E-state index >= 15 is 0 Å². The van der Waals surface area contributed by atoms with Crippen molar-refractivity contribution in [3.8, 4) is 0 Å². The Kier molecular flexibility index (Phi) is 3.34. The number of carboxylic acids is 1. The van der Waals surface area contributed by atoms with Crippen LogP contribution in [0.4, 0.5) is 11.4 Å². The second-order valence-corrected chi connectivity index (χ2v) is 2.97. The Morgan fingerprint density at radius 2 is 1.59 bits per heavy atom. The van der Waals surface area contributed by atoms with E-state index in [4.69, 9.17) is 10.2 Å². The molecule has 0 aliphatic rings. The number of nitro benzene ring substituents is 2. The average Bonchev–Trinajstić information content (AvgIpc) is 2.26. The van der Waals surface area contributed by atoms with Crippen molar-refractivity contribution in [2.75, 3.05) is 0 Å². The normalized spacial score (nSPS) is 9.94. The Hall–Kier alpha value is -2.55. The molecule has 17 heavy (non-hydrogen) atoms. The Balaban J connectivity index is 3.63. The van der Waals surface area contributed by atoms with Crippen LogP contribution in [0.25, 0.3) is 0 Å². The highest BCUT2D eigenvalue weighted by molar-refractivity contribution is 5.90. The van der Waals surface area contributed by atoms with Crippen LogP contribution in [0.3, 0.4) is 0 Å². The minimum atomic E-state index is -1.53. The highest BCUT2D eigenvalue weighted by Gasteiger charge is 2.27. The van der Waals surface area contributed by atoms with Crippen LogP contribution < -0.4 is 0 Å². The largest absolute Gasteiger partial charge is 0.478 e. The van der Waals surface area contributed by atoms with Crippen LogP contribution in [-0.4, -0.2) is 26.0 Å². The van der Waals surface area contributed by atoms with Crippen molar-refractivity contribution in [1.82, 2.24) is 0 Å². The first-order chi connectivity index (χ1) is 7.88. The SMILES string of the molecule is O=C(O)c1cc([N+](=O)[O-])c(CO)c([N+](=O)[O-])c1.